The van der Waals surface area contributed by atoms with Crippen molar-refractivity contribution >= 4 is 41.6 Å². The fourth-order valence-corrected chi connectivity index (χ4v) is 8.54. The number of hydrogen-bond donors (Lipinski definition) is 2. The summed E-state index contributed by atoms with van der Waals surface area (Å²) in [6.07, 6.45) is 1.49. The van der Waals surface area contributed by atoms with Gasteiger partial charge in [-0.25, -0.2) is 0 Å². The number of sulfonamides is 1. The Balaban J connectivity index is 1.81. The van der Waals surface area contributed by atoms with E-state index in [1.807, 2.05) is 65.3 Å². The topological polar surface area (TPSA) is 93.2 Å². The molecule has 0 aliphatic rings. The molecule has 160 valence electrons. The third-order valence-corrected chi connectivity index (χ3v) is 9.87. The molecule has 0 amide bonds. The van der Waals surface area contributed by atoms with Crippen molar-refractivity contribution in [2.45, 2.75) is 12.7 Å². The third-order valence-electron chi connectivity index (χ3n) is 3.96. The number of nitrogens with zero attached hydrogens (tertiary/aromatic N) is 2. The van der Waals surface area contributed by atoms with E-state index in [1.165, 1.54) is 6.33 Å². The van der Waals surface area contributed by atoms with E-state index < -0.39 is 30.1 Å². The standard InChI is InChI=1S/C21H25IN4O3S/c1-4-29-20-11-6-5-10-18(20)19-13-21(24-15-23-19)25-17-9-7-8-16(12-17)14-30(27,28)26-22(2)3/h5-13,15,26H,4,14H2,1-3H3,(H,23,24,25). The van der Waals surface area contributed by atoms with Crippen LogP contribution < -0.4 is 13.0 Å². The van der Waals surface area contributed by atoms with Gasteiger partial charge in [-0.2, -0.15) is 0 Å². The van der Waals surface area contributed by atoms with E-state index in [2.05, 4.69) is 18.2 Å². The van der Waals surface area contributed by atoms with Crippen LogP contribution in [0.1, 0.15) is 12.5 Å². The van der Waals surface area contributed by atoms with Crippen LogP contribution in [0.2, 0.25) is 0 Å². The molecule has 0 spiro atoms. The maximum absolute atomic E-state index is 12.2. The van der Waals surface area contributed by atoms with Crippen molar-refractivity contribution in [3.63, 3.8) is 0 Å². The fraction of sp³-hybridized carbons (Fsp3) is 0.238. The Labute approximate surface area is 185 Å². The molecule has 1 heterocycles. The van der Waals surface area contributed by atoms with Crippen molar-refractivity contribution in [1.82, 2.24) is 12.9 Å². The Hall–Kier alpha value is -2.24. The molecular formula is C21H25IN4O3S. The molecule has 0 bridgehead atoms. The summed E-state index contributed by atoms with van der Waals surface area (Å²) in [5.41, 5.74) is 3.09. The van der Waals surface area contributed by atoms with Crippen molar-refractivity contribution in [1.29, 1.82) is 0 Å². The molecule has 0 saturated heterocycles. The minimum absolute atomic E-state index is 0.0467. The van der Waals surface area contributed by atoms with Crippen LogP contribution in [0.4, 0.5) is 11.5 Å². The molecule has 9 heteroatoms. The molecule has 0 saturated carbocycles. The van der Waals surface area contributed by atoms with Gasteiger partial charge in [0.15, 0.2) is 0 Å². The molecule has 2 aromatic carbocycles. The third kappa shape index (κ3) is 6.38. The Kier molecular flexibility index (Phi) is 7.62. The van der Waals surface area contributed by atoms with Crippen molar-refractivity contribution in [3.05, 3.63) is 66.5 Å². The first-order valence-electron chi connectivity index (χ1n) is 9.26. The number of hydrogen-bond acceptors (Lipinski definition) is 6. The summed E-state index contributed by atoms with van der Waals surface area (Å²) in [6.45, 7) is 2.51. The molecule has 30 heavy (non-hydrogen) atoms. The van der Waals surface area contributed by atoms with Crippen LogP contribution in [-0.2, 0) is 15.8 Å². The van der Waals surface area contributed by atoms with Crippen molar-refractivity contribution in [2.75, 3.05) is 21.8 Å². The second-order valence-electron chi connectivity index (χ2n) is 6.64. The second kappa shape index (κ2) is 10.2. The number of alkyl halides is 2. The van der Waals surface area contributed by atoms with Crippen LogP contribution in [0, 0.1) is 0 Å². The van der Waals surface area contributed by atoms with Crippen LogP contribution in [0.25, 0.3) is 11.3 Å². The summed E-state index contributed by atoms with van der Waals surface area (Å²) >= 11 is -1.60. The van der Waals surface area contributed by atoms with Gasteiger partial charge < -0.3 is 4.74 Å². The number of rotatable bonds is 9. The van der Waals surface area contributed by atoms with Gasteiger partial charge in [0.05, 0.1) is 6.61 Å². The summed E-state index contributed by atoms with van der Waals surface area (Å²) in [6, 6.07) is 16.9. The number of ether oxygens (including phenoxy) is 1. The Morgan fingerprint density at radius 3 is 2.60 bits per heavy atom. The van der Waals surface area contributed by atoms with Gasteiger partial charge in [-0.15, -0.1) is 0 Å². The first-order chi connectivity index (χ1) is 14.4. The molecule has 0 unspecified atom stereocenters. The van der Waals surface area contributed by atoms with Gasteiger partial charge in [0, 0.05) is 0 Å². The number of aromatic nitrogens is 2. The molecule has 2 N–H and O–H groups in total. The summed E-state index contributed by atoms with van der Waals surface area (Å²) < 4.78 is 32.9. The van der Waals surface area contributed by atoms with Crippen LogP contribution in [0.5, 0.6) is 5.75 Å². The monoisotopic (exact) mass is 540 g/mol. The van der Waals surface area contributed by atoms with Gasteiger partial charge in [-0.1, -0.05) is 12.1 Å². The molecule has 0 aliphatic carbocycles. The fourth-order valence-electron chi connectivity index (χ4n) is 2.90. The maximum atomic E-state index is 12.2. The summed E-state index contributed by atoms with van der Waals surface area (Å²) in [7, 11) is -3.32. The number of benzene rings is 2. The number of para-hydroxylation sites is 1. The van der Waals surface area contributed by atoms with Gasteiger partial charge >= 0.3 is 149 Å². The van der Waals surface area contributed by atoms with E-state index in [0.717, 1.165) is 22.7 Å². The quantitative estimate of drug-likeness (QED) is 0.238. The van der Waals surface area contributed by atoms with Crippen LogP contribution >= 0.6 is 20.1 Å². The van der Waals surface area contributed by atoms with Crippen LogP contribution in [0.3, 0.4) is 0 Å². The predicted octanol–water partition coefficient (Wildman–Crippen LogP) is 4.39. The summed E-state index contributed by atoms with van der Waals surface area (Å²) in [5, 5.41) is 3.24. The SMILES string of the molecule is CCOc1ccccc1-c1cc(Nc2cccc(CS(=O)(=O)NI(C)C)c2)ncn1. The van der Waals surface area contributed by atoms with E-state index in [-0.39, 0.29) is 5.75 Å². The minimum atomic E-state index is -3.32. The zero-order chi connectivity index (χ0) is 21.6. The van der Waals surface area contributed by atoms with Crippen molar-refractivity contribution < 1.29 is 13.2 Å². The summed E-state index contributed by atoms with van der Waals surface area (Å²) in [4.78, 5) is 12.6. The zero-order valence-electron chi connectivity index (χ0n) is 17.1. The van der Waals surface area contributed by atoms with Crippen LogP contribution in [0.15, 0.2) is 60.9 Å². The van der Waals surface area contributed by atoms with E-state index in [0.29, 0.717) is 18.0 Å². The van der Waals surface area contributed by atoms with Crippen molar-refractivity contribution in [3.8, 4) is 17.0 Å². The van der Waals surface area contributed by atoms with E-state index in [9.17, 15) is 8.42 Å². The Bertz CT molecular complexity index is 1110. The molecular weight excluding hydrogens is 515 g/mol. The first kappa shape index (κ1) is 22.4. The van der Waals surface area contributed by atoms with Crippen molar-refractivity contribution in [2.24, 2.45) is 0 Å². The summed E-state index contributed by atoms with van der Waals surface area (Å²) in [5.74, 6) is 1.33. The molecule has 0 atom stereocenters. The predicted molar refractivity (Wildman–Crippen MR) is 130 cm³/mol. The Morgan fingerprint density at radius 2 is 1.83 bits per heavy atom. The van der Waals surface area contributed by atoms with Gasteiger partial charge in [-0.05, 0) is 13.0 Å². The van der Waals surface area contributed by atoms with Gasteiger partial charge in [0.1, 0.15) is 0 Å². The second-order valence-corrected chi connectivity index (χ2v) is 13.9. The number of anilines is 2. The zero-order valence-corrected chi connectivity index (χ0v) is 20.1. The average molecular weight is 540 g/mol. The van der Waals surface area contributed by atoms with E-state index in [4.69, 9.17) is 4.74 Å². The molecule has 0 radical (unpaired) electrons. The van der Waals surface area contributed by atoms with Gasteiger partial charge in [-0.3, -0.25) is 0 Å². The van der Waals surface area contributed by atoms with E-state index in [1.54, 1.807) is 6.07 Å². The number of nitrogens with one attached hydrogen (secondary N) is 2. The average Bonchev–Trinajstić information content (AvgIpc) is 2.68. The molecule has 0 fully saturated rings. The normalized spacial score (nSPS) is 11.8. The molecule has 3 aromatic rings. The number of halogens is 1. The Morgan fingerprint density at radius 1 is 1.03 bits per heavy atom. The molecule has 0 aliphatic heterocycles. The van der Waals surface area contributed by atoms with Gasteiger partial charge in [0.2, 0.25) is 0 Å². The molecule has 7 nitrogen and oxygen atoms in total. The van der Waals surface area contributed by atoms with Crippen LogP contribution in [-0.4, -0.2) is 34.9 Å². The van der Waals surface area contributed by atoms with E-state index >= 15 is 0 Å². The van der Waals surface area contributed by atoms with Gasteiger partial charge in [0.25, 0.3) is 0 Å². The first-order valence-corrected chi connectivity index (χ1v) is 16.3. The molecule has 3 rings (SSSR count). The molecule has 1 aromatic heterocycles.